The maximum Gasteiger partial charge on any atom is 0.253 e. The number of amides is 1. The van der Waals surface area contributed by atoms with Crippen molar-refractivity contribution in [1.82, 2.24) is 0 Å². The fourth-order valence-corrected chi connectivity index (χ4v) is 3.28. The summed E-state index contributed by atoms with van der Waals surface area (Å²) in [6.07, 6.45) is 0. The molecule has 21 heavy (non-hydrogen) atoms. The monoisotopic (exact) mass is 291 g/mol. The van der Waals surface area contributed by atoms with Gasteiger partial charge in [-0.2, -0.15) is 0 Å². The van der Waals surface area contributed by atoms with E-state index in [-0.39, 0.29) is 5.91 Å². The zero-order chi connectivity index (χ0) is 14.7. The van der Waals surface area contributed by atoms with Gasteiger partial charge in [-0.3, -0.25) is 4.79 Å². The zero-order valence-electron chi connectivity index (χ0n) is 11.4. The number of hydrogen-bond donors (Lipinski definition) is 1. The minimum atomic E-state index is -0.367. The van der Waals surface area contributed by atoms with Crippen molar-refractivity contribution in [2.75, 3.05) is 0 Å². The number of rotatable bonds is 3. The van der Waals surface area contributed by atoms with Crippen LogP contribution in [0, 0.1) is 0 Å². The molecular weight excluding hydrogens is 277 g/mol. The average molecular weight is 291 g/mol. The summed E-state index contributed by atoms with van der Waals surface area (Å²) >= 11 is 0. The summed E-state index contributed by atoms with van der Waals surface area (Å²) in [5.74, 6) is 1.60. The van der Waals surface area contributed by atoms with Crippen LogP contribution in [0.25, 0.3) is 22.3 Å². The molecule has 2 N–H and O–H groups in total. The molecule has 0 aliphatic carbocycles. The molecule has 0 radical (unpaired) electrons. The van der Waals surface area contributed by atoms with Crippen LogP contribution in [0.1, 0.15) is 10.1 Å². The van der Waals surface area contributed by atoms with Crippen LogP contribution in [0.5, 0.6) is 0 Å². The number of primary amides is 1. The highest BCUT2D eigenvalue weighted by Gasteiger charge is 2.15. The van der Waals surface area contributed by atoms with Gasteiger partial charge in [0, 0.05) is 5.56 Å². The van der Waals surface area contributed by atoms with Crippen LogP contribution in [0.4, 0.5) is 0 Å². The summed E-state index contributed by atoms with van der Waals surface area (Å²) in [6, 6.07) is 22.0. The molecule has 1 aromatic heterocycles. The second kappa shape index (κ2) is 5.90. The second-order valence-electron chi connectivity index (χ2n) is 4.68. The van der Waals surface area contributed by atoms with Crippen molar-refractivity contribution in [3.8, 4) is 22.3 Å². The summed E-state index contributed by atoms with van der Waals surface area (Å²) in [4.78, 5) is 11.8. The van der Waals surface area contributed by atoms with Crippen molar-refractivity contribution in [3.05, 3.63) is 77.8 Å². The third kappa shape index (κ3) is 2.72. The van der Waals surface area contributed by atoms with E-state index < -0.39 is 0 Å². The molecule has 3 heteroatoms. The lowest BCUT2D eigenvalue weighted by Crippen LogP contribution is -2.11. The molecule has 0 spiro atoms. The molecule has 0 bridgehead atoms. The molecule has 1 amide bonds. The van der Waals surface area contributed by atoms with E-state index in [9.17, 15) is 4.79 Å². The standard InChI is InChI=1S/C18H14NOP/c19-18(20)17-16(14-9-5-2-6-10-14)15(11-12-21-17)13-7-3-1-4-8-13/h1-12H,(H2,19,20). The van der Waals surface area contributed by atoms with E-state index in [0.29, 0.717) is 5.30 Å². The zero-order valence-corrected chi connectivity index (χ0v) is 12.3. The van der Waals surface area contributed by atoms with Crippen molar-refractivity contribution in [2.45, 2.75) is 0 Å². The quantitative estimate of drug-likeness (QED) is 0.746. The summed E-state index contributed by atoms with van der Waals surface area (Å²) in [5.41, 5.74) is 9.65. The van der Waals surface area contributed by atoms with Gasteiger partial charge in [0.1, 0.15) is 0 Å². The number of hydrogen-bond acceptors (Lipinski definition) is 1. The lowest BCUT2D eigenvalue weighted by atomic mass is 9.95. The maximum absolute atomic E-state index is 11.8. The van der Waals surface area contributed by atoms with Crippen LogP contribution in [-0.4, -0.2) is 5.91 Å². The predicted octanol–water partition coefficient (Wildman–Crippen LogP) is 4.70. The highest BCUT2D eigenvalue weighted by Crippen LogP contribution is 2.38. The molecule has 3 rings (SSSR count). The first kappa shape index (κ1) is 13.5. The molecule has 3 aromatic rings. The van der Waals surface area contributed by atoms with Gasteiger partial charge in [0.15, 0.2) is 0 Å². The van der Waals surface area contributed by atoms with Crippen LogP contribution in [0.3, 0.4) is 0 Å². The molecule has 2 aromatic carbocycles. The molecule has 0 saturated carbocycles. The van der Waals surface area contributed by atoms with Crippen molar-refractivity contribution < 1.29 is 4.79 Å². The van der Waals surface area contributed by atoms with E-state index in [1.54, 1.807) is 0 Å². The fraction of sp³-hybridized carbons (Fsp3) is 0. The normalized spacial score (nSPS) is 10.7. The number of benzene rings is 2. The van der Waals surface area contributed by atoms with Crippen molar-refractivity contribution in [3.63, 3.8) is 0 Å². The predicted molar refractivity (Wildman–Crippen MR) is 88.3 cm³/mol. The smallest absolute Gasteiger partial charge is 0.253 e. The maximum atomic E-state index is 11.8. The van der Waals surface area contributed by atoms with Gasteiger partial charge in [0.2, 0.25) is 0 Å². The van der Waals surface area contributed by atoms with Gasteiger partial charge in [0.25, 0.3) is 5.91 Å². The van der Waals surface area contributed by atoms with Gasteiger partial charge in [-0.25, -0.2) is 0 Å². The van der Waals surface area contributed by atoms with E-state index in [1.807, 2.05) is 66.5 Å². The van der Waals surface area contributed by atoms with E-state index in [4.69, 9.17) is 5.73 Å². The van der Waals surface area contributed by atoms with Crippen molar-refractivity contribution in [1.29, 1.82) is 0 Å². The Morgan fingerprint density at radius 1 is 0.810 bits per heavy atom. The Hall–Kier alpha value is -2.44. The first-order valence-electron chi connectivity index (χ1n) is 6.67. The molecule has 0 atom stereocenters. The summed E-state index contributed by atoms with van der Waals surface area (Å²) < 4.78 is 0. The van der Waals surface area contributed by atoms with Crippen LogP contribution < -0.4 is 5.73 Å². The minimum absolute atomic E-state index is 0.367. The Morgan fingerprint density at radius 3 is 1.95 bits per heavy atom. The Kier molecular flexibility index (Phi) is 3.81. The molecule has 0 fully saturated rings. The minimum Gasteiger partial charge on any atom is -0.365 e. The lowest BCUT2D eigenvalue weighted by Gasteiger charge is -2.13. The lowest BCUT2D eigenvalue weighted by molar-refractivity contribution is 0.100. The number of carbonyl (C=O) groups is 1. The SMILES string of the molecule is NC(=O)c1pccc(-c2ccccc2)c1-c1ccccc1. The third-order valence-corrected chi connectivity index (χ3v) is 4.33. The van der Waals surface area contributed by atoms with E-state index in [0.717, 1.165) is 30.4 Å². The van der Waals surface area contributed by atoms with Crippen LogP contribution in [-0.2, 0) is 0 Å². The number of nitrogens with two attached hydrogens (primary N) is 1. The van der Waals surface area contributed by atoms with Gasteiger partial charge in [-0.05, 0) is 28.6 Å². The van der Waals surface area contributed by atoms with Crippen LogP contribution >= 0.6 is 8.19 Å². The molecule has 2 nitrogen and oxygen atoms in total. The van der Waals surface area contributed by atoms with Gasteiger partial charge < -0.3 is 5.73 Å². The van der Waals surface area contributed by atoms with Crippen molar-refractivity contribution >= 4 is 14.1 Å². The molecule has 0 aliphatic heterocycles. The molecular formula is C18H14NOP. The Bertz CT molecular complexity index is 770. The van der Waals surface area contributed by atoms with Crippen LogP contribution in [0.15, 0.2) is 72.5 Å². The van der Waals surface area contributed by atoms with E-state index >= 15 is 0 Å². The average Bonchev–Trinajstić information content (AvgIpc) is 2.55. The third-order valence-electron chi connectivity index (χ3n) is 3.33. The Morgan fingerprint density at radius 2 is 1.38 bits per heavy atom. The molecule has 0 unspecified atom stereocenters. The van der Waals surface area contributed by atoms with Crippen LogP contribution in [0.2, 0.25) is 0 Å². The van der Waals surface area contributed by atoms with Gasteiger partial charge >= 0.3 is 0 Å². The van der Waals surface area contributed by atoms with Crippen molar-refractivity contribution in [2.24, 2.45) is 5.73 Å². The highest BCUT2D eigenvalue weighted by molar-refractivity contribution is 7.32. The summed E-state index contributed by atoms with van der Waals surface area (Å²) in [7, 11) is 0.845. The second-order valence-corrected chi connectivity index (χ2v) is 5.68. The topological polar surface area (TPSA) is 43.1 Å². The fourth-order valence-electron chi connectivity index (χ4n) is 2.40. The van der Waals surface area contributed by atoms with E-state index in [1.165, 1.54) is 0 Å². The molecule has 102 valence electrons. The first-order valence-corrected chi connectivity index (χ1v) is 7.63. The van der Waals surface area contributed by atoms with Gasteiger partial charge in [-0.15, -0.1) is 0 Å². The van der Waals surface area contributed by atoms with E-state index in [2.05, 4.69) is 6.07 Å². The number of carbonyl (C=O) groups excluding carboxylic acids is 1. The summed E-state index contributed by atoms with van der Waals surface area (Å²) in [6.45, 7) is 0. The van der Waals surface area contributed by atoms with Gasteiger partial charge in [0.05, 0.1) is 5.30 Å². The Balaban J connectivity index is 2.31. The first-order chi connectivity index (χ1) is 10.3. The highest BCUT2D eigenvalue weighted by atomic mass is 31.0. The Labute approximate surface area is 125 Å². The van der Waals surface area contributed by atoms with Gasteiger partial charge in [-0.1, -0.05) is 68.9 Å². The molecule has 0 saturated heterocycles. The summed E-state index contributed by atoms with van der Waals surface area (Å²) in [5, 5.41) is 0.641. The molecule has 1 heterocycles. The molecule has 0 aliphatic rings. The largest absolute Gasteiger partial charge is 0.365 e.